The topological polar surface area (TPSA) is 112 Å². The van der Waals surface area contributed by atoms with Crippen LogP contribution in [0.4, 0.5) is 5.82 Å². The van der Waals surface area contributed by atoms with Gasteiger partial charge in [-0.1, -0.05) is 42.6 Å². The van der Waals surface area contributed by atoms with Gasteiger partial charge >= 0.3 is 0 Å². The van der Waals surface area contributed by atoms with Gasteiger partial charge < -0.3 is 15.4 Å². The fraction of sp³-hybridized carbons (Fsp3) is 0.231. The van der Waals surface area contributed by atoms with E-state index in [2.05, 4.69) is 38.6 Å². The van der Waals surface area contributed by atoms with Crippen LogP contribution in [-0.2, 0) is 6.54 Å². The molecule has 0 bridgehead atoms. The second-order valence-corrected chi connectivity index (χ2v) is 10.7. The number of halogens is 2. The summed E-state index contributed by atoms with van der Waals surface area (Å²) in [6.07, 6.45) is 5.59. The normalized spacial score (nSPS) is 14.3. The first-order valence-corrected chi connectivity index (χ1v) is 13.2. The SMILES string of the molecule is Nc1ncnc2c1c(-c1ccc(Cl)c(O)c1)nn2Cc1cc2cccc(I)c2c(=O)n1C1CCCC1. The van der Waals surface area contributed by atoms with E-state index < -0.39 is 0 Å². The lowest BCUT2D eigenvalue weighted by molar-refractivity contribution is 0.475. The average Bonchev–Trinajstić information content (AvgIpc) is 3.50. The van der Waals surface area contributed by atoms with Gasteiger partial charge in [-0.3, -0.25) is 4.79 Å². The molecule has 0 radical (unpaired) electrons. The van der Waals surface area contributed by atoms with E-state index in [1.54, 1.807) is 22.9 Å². The predicted molar refractivity (Wildman–Crippen MR) is 149 cm³/mol. The van der Waals surface area contributed by atoms with Crippen molar-refractivity contribution in [3.63, 3.8) is 0 Å². The Morgan fingerprint density at radius 2 is 1.92 bits per heavy atom. The second kappa shape index (κ2) is 9.04. The van der Waals surface area contributed by atoms with Crippen molar-refractivity contribution in [3.05, 3.63) is 73.4 Å². The minimum Gasteiger partial charge on any atom is -0.506 e. The minimum absolute atomic E-state index is 0.0350. The third kappa shape index (κ3) is 3.81. The molecule has 5 aromatic rings. The number of phenolic OH excluding ortho intramolecular Hbond substituents is 1. The highest BCUT2D eigenvalue weighted by molar-refractivity contribution is 14.1. The van der Waals surface area contributed by atoms with Crippen molar-refractivity contribution in [2.24, 2.45) is 0 Å². The van der Waals surface area contributed by atoms with Crippen LogP contribution in [0, 0.1) is 3.57 Å². The molecule has 0 unspecified atom stereocenters. The standard InChI is InChI=1S/C26H22ClIN6O2/c27-18-9-8-15(11-20(18)35)23-22-24(29)30-13-31-25(22)33(32-23)12-17-10-14-4-3-7-19(28)21(14)26(36)34(17)16-5-1-2-6-16/h3-4,7-11,13,16,35H,1-2,5-6,12H2,(H2,29,30,31). The molecule has 0 spiro atoms. The van der Waals surface area contributed by atoms with Gasteiger partial charge in [-0.05, 0) is 65.1 Å². The van der Waals surface area contributed by atoms with E-state index in [4.69, 9.17) is 22.4 Å². The Bertz CT molecular complexity index is 1710. The summed E-state index contributed by atoms with van der Waals surface area (Å²) in [6, 6.07) is 13.1. The molecule has 0 amide bonds. The summed E-state index contributed by atoms with van der Waals surface area (Å²) in [5.74, 6) is 0.239. The van der Waals surface area contributed by atoms with Crippen LogP contribution in [0.25, 0.3) is 33.1 Å². The Balaban J connectivity index is 1.57. The number of nitrogens with two attached hydrogens (primary N) is 1. The van der Waals surface area contributed by atoms with E-state index in [-0.39, 0.29) is 28.2 Å². The minimum atomic E-state index is -0.0495. The lowest BCUT2D eigenvalue weighted by Gasteiger charge is -2.20. The van der Waals surface area contributed by atoms with Crippen molar-refractivity contribution >= 4 is 61.8 Å². The van der Waals surface area contributed by atoms with Gasteiger partial charge in [0.25, 0.3) is 5.56 Å². The molecule has 0 saturated heterocycles. The number of benzene rings is 2. The highest BCUT2D eigenvalue weighted by Gasteiger charge is 2.24. The Morgan fingerprint density at radius 3 is 2.69 bits per heavy atom. The number of anilines is 1. The van der Waals surface area contributed by atoms with Crippen LogP contribution >= 0.6 is 34.2 Å². The molecular formula is C26H22ClIN6O2. The molecule has 1 aliphatic carbocycles. The lowest BCUT2D eigenvalue weighted by atomic mass is 10.1. The number of hydrogen-bond donors (Lipinski definition) is 2. The molecule has 10 heteroatoms. The zero-order valence-corrected chi connectivity index (χ0v) is 22.1. The maximum atomic E-state index is 13.8. The number of nitrogens with zero attached hydrogens (tertiary/aromatic N) is 5. The number of pyridine rings is 1. The smallest absolute Gasteiger partial charge is 0.260 e. The van der Waals surface area contributed by atoms with Gasteiger partial charge in [0.2, 0.25) is 0 Å². The number of nitrogen functional groups attached to an aromatic ring is 1. The average molecular weight is 613 g/mol. The molecule has 2 aromatic carbocycles. The largest absolute Gasteiger partial charge is 0.506 e. The van der Waals surface area contributed by atoms with E-state index >= 15 is 0 Å². The molecule has 182 valence electrons. The molecular weight excluding hydrogens is 591 g/mol. The second-order valence-electron chi connectivity index (χ2n) is 9.08. The van der Waals surface area contributed by atoms with E-state index in [9.17, 15) is 9.90 Å². The molecule has 3 aromatic heterocycles. The van der Waals surface area contributed by atoms with Crippen molar-refractivity contribution < 1.29 is 5.11 Å². The van der Waals surface area contributed by atoms with Crippen molar-refractivity contribution in [1.82, 2.24) is 24.3 Å². The Labute approximate surface area is 224 Å². The summed E-state index contributed by atoms with van der Waals surface area (Å²) in [6.45, 7) is 0.333. The van der Waals surface area contributed by atoms with Crippen LogP contribution < -0.4 is 11.3 Å². The quantitative estimate of drug-likeness (QED) is 0.259. The van der Waals surface area contributed by atoms with Crippen LogP contribution in [0.2, 0.25) is 5.02 Å². The number of fused-ring (bicyclic) bond motifs is 2. The maximum Gasteiger partial charge on any atom is 0.260 e. The van der Waals surface area contributed by atoms with Crippen molar-refractivity contribution in [2.75, 3.05) is 5.73 Å². The summed E-state index contributed by atoms with van der Waals surface area (Å²) in [5, 5.41) is 17.5. The highest BCUT2D eigenvalue weighted by atomic mass is 127. The Morgan fingerprint density at radius 1 is 1.11 bits per heavy atom. The van der Waals surface area contributed by atoms with Crippen LogP contribution in [0.15, 0.2) is 53.6 Å². The maximum absolute atomic E-state index is 13.8. The van der Waals surface area contributed by atoms with E-state index in [1.165, 1.54) is 6.33 Å². The molecule has 1 aliphatic rings. The third-order valence-corrected chi connectivity index (χ3v) is 8.11. The molecule has 36 heavy (non-hydrogen) atoms. The first kappa shape index (κ1) is 23.2. The van der Waals surface area contributed by atoms with Gasteiger partial charge in [0.1, 0.15) is 23.6 Å². The highest BCUT2D eigenvalue weighted by Crippen LogP contribution is 2.35. The first-order chi connectivity index (χ1) is 17.4. The van der Waals surface area contributed by atoms with E-state index in [0.717, 1.165) is 45.7 Å². The summed E-state index contributed by atoms with van der Waals surface area (Å²) in [7, 11) is 0. The number of hydrogen-bond acceptors (Lipinski definition) is 6. The molecule has 8 nitrogen and oxygen atoms in total. The van der Waals surface area contributed by atoms with Gasteiger partial charge in [0, 0.05) is 20.9 Å². The first-order valence-electron chi connectivity index (χ1n) is 11.7. The van der Waals surface area contributed by atoms with Crippen molar-refractivity contribution in [2.45, 2.75) is 38.3 Å². The molecule has 1 fully saturated rings. The van der Waals surface area contributed by atoms with Crippen molar-refractivity contribution in [1.29, 1.82) is 0 Å². The molecule has 0 atom stereocenters. The third-order valence-electron chi connectivity index (χ3n) is 6.89. The van der Waals surface area contributed by atoms with E-state index in [0.29, 0.717) is 28.8 Å². The lowest BCUT2D eigenvalue weighted by Crippen LogP contribution is -2.28. The molecule has 0 aliphatic heterocycles. The fourth-order valence-corrected chi connectivity index (χ4v) is 6.09. The monoisotopic (exact) mass is 612 g/mol. The molecule has 6 rings (SSSR count). The predicted octanol–water partition coefficient (Wildman–Crippen LogP) is 5.52. The number of aromatic hydroxyl groups is 1. The van der Waals surface area contributed by atoms with Crippen LogP contribution in [0.1, 0.15) is 37.4 Å². The van der Waals surface area contributed by atoms with Gasteiger partial charge in [-0.2, -0.15) is 5.10 Å². The summed E-state index contributed by atoms with van der Waals surface area (Å²) >= 11 is 8.26. The van der Waals surface area contributed by atoms with Crippen molar-refractivity contribution in [3.8, 4) is 17.0 Å². The number of phenols is 1. The van der Waals surface area contributed by atoms with Crippen LogP contribution in [-0.4, -0.2) is 29.4 Å². The zero-order chi connectivity index (χ0) is 25.0. The molecule has 3 heterocycles. The zero-order valence-electron chi connectivity index (χ0n) is 19.2. The van der Waals surface area contributed by atoms with Gasteiger partial charge in [0.15, 0.2) is 5.65 Å². The number of rotatable bonds is 4. The Hall–Kier alpha value is -3.18. The summed E-state index contributed by atoms with van der Waals surface area (Å²) in [5.41, 5.74) is 8.91. The van der Waals surface area contributed by atoms with Gasteiger partial charge in [0.05, 0.1) is 22.3 Å². The van der Waals surface area contributed by atoms with Crippen LogP contribution in [0.3, 0.4) is 0 Å². The molecule has 3 N–H and O–H groups in total. The summed E-state index contributed by atoms with van der Waals surface area (Å²) in [4.78, 5) is 22.5. The fourth-order valence-electron chi connectivity index (χ4n) is 5.23. The van der Waals surface area contributed by atoms with Gasteiger partial charge in [-0.15, -0.1) is 0 Å². The van der Waals surface area contributed by atoms with E-state index in [1.807, 2.05) is 22.8 Å². The van der Waals surface area contributed by atoms with Gasteiger partial charge in [-0.25, -0.2) is 14.6 Å². The number of aromatic nitrogens is 5. The van der Waals surface area contributed by atoms with Crippen LogP contribution in [0.5, 0.6) is 5.75 Å². The summed E-state index contributed by atoms with van der Waals surface area (Å²) < 4.78 is 4.67. The Kier molecular flexibility index (Phi) is 5.83. The molecule has 1 saturated carbocycles.